The van der Waals surface area contributed by atoms with E-state index in [0.717, 1.165) is 11.9 Å². The van der Waals surface area contributed by atoms with Gasteiger partial charge in [-0.25, -0.2) is 35.9 Å². The molecule has 3 aromatic heterocycles. The second-order valence-electron chi connectivity index (χ2n) is 9.08. The zero-order valence-corrected chi connectivity index (χ0v) is 21.0. The molecule has 38 heavy (non-hydrogen) atoms. The van der Waals surface area contributed by atoms with Crippen molar-refractivity contribution in [2.45, 2.75) is 30.6 Å². The first kappa shape index (κ1) is 25.6. The average Bonchev–Trinajstić information content (AvgIpc) is 3.12. The molecule has 15 heteroatoms. The summed E-state index contributed by atoms with van der Waals surface area (Å²) in [4.78, 5) is 22.3. The van der Waals surface area contributed by atoms with Gasteiger partial charge in [-0.2, -0.15) is 5.10 Å². The number of rotatable bonds is 7. The van der Waals surface area contributed by atoms with Crippen molar-refractivity contribution in [3.63, 3.8) is 0 Å². The molecule has 1 aliphatic rings. The highest BCUT2D eigenvalue weighted by Gasteiger charge is 2.61. The van der Waals surface area contributed by atoms with E-state index in [1.54, 1.807) is 23.9 Å². The number of aryl methyl sites for hydroxylation is 2. The van der Waals surface area contributed by atoms with Crippen LogP contribution in [0.25, 0.3) is 22.4 Å². The topological polar surface area (TPSA) is 135 Å². The SMILES string of the molecule is Cc1cc(-c2ccc(Nc3cc(NC(=O)C4CC4(F)F)nc4[nH]c(C(F)F)nc34)c(S(C)(=O)=O)c2)nn1C. The van der Waals surface area contributed by atoms with Crippen LogP contribution in [0.3, 0.4) is 0 Å². The van der Waals surface area contributed by atoms with Gasteiger partial charge in [-0.15, -0.1) is 0 Å². The van der Waals surface area contributed by atoms with Crippen molar-refractivity contribution in [2.24, 2.45) is 13.0 Å². The summed E-state index contributed by atoms with van der Waals surface area (Å²) in [5.74, 6) is -6.54. The second kappa shape index (κ2) is 8.79. The molecule has 0 saturated heterocycles. The predicted molar refractivity (Wildman–Crippen MR) is 130 cm³/mol. The number of H-pyrrole nitrogens is 1. The zero-order chi connectivity index (χ0) is 27.6. The van der Waals surface area contributed by atoms with Crippen LogP contribution in [0, 0.1) is 12.8 Å². The van der Waals surface area contributed by atoms with Crippen LogP contribution in [0.1, 0.15) is 24.4 Å². The molecule has 4 aromatic rings. The largest absolute Gasteiger partial charge is 0.352 e. The van der Waals surface area contributed by atoms with E-state index in [9.17, 15) is 30.8 Å². The minimum absolute atomic E-state index is 0.0161. The number of sulfone groups is 1. The molecule has 1 saturated carbocycles. The van der Waals surface area contributed by atoms with E-state index in [4.69, 9.17) is 0 Å². The predicted octanol–water partition coefficient (Wildman–Crippen LogP) is 4.35. The summed E-state index contributed by atoms with van der Waals surface area (Å²) < 4.78 is 80.4. The third-order valence-electron chi connectivity index (χ3n) is 6.13. The Morgan fingerprint density at radius 2 is 1.89 bits per heavy atom. The fourth-order valence-electron chi connectivity index (χ4n) is 3.92. The lowest BCUT2D eigenvalue weighted by Gasteiger charge is -2.14. The zero-order valence-electron chi connectivity index (χ0n) is 20.2. The van der Waals surface area contributed by atoms with Crippen molar-refractivity contribution >= 4 is 44.1 Å². The highest BCUT2D eigenvalue weighted by atomic mass is 32.2. The minimum Gasteiger partial charge on any atom is -0.352 e. The Morgan fingerprint density at radius 3 is 2.47 bits per heavy atom. The van der Waals surface area contributed by atoms with Crippen LogP contribution >= 0.6 is 0 Å². The van der Waals surface area contributed by atoms with Crippen molar-refractivity contribution in [1.29, 1.82) is 0 Å². The number of halogens is 4. The van der Waals surface area contributed by atoms with E-state index >= 15 is 0 Å². The highest BCUT2D eigenvalue weighted by Crippen LogP contribution is 2.49. The molecule has 1 fully saturated rings. The Hall–Kier alpha value is -4.01. The Bertz CT molecular complexity index is 1680. The molecule has 0 spiro atoms. The average molecular weight is 552 g/mol. The van der Waals surface area contributed by atoms with E-state index in [1.165, 1.54) is 18.2 Å². The number of amides is 1. The first-order valence-electron chi connectivity index (χ1n) is 11.2. The van der Waals surface area contributed by atoms with Gasteiger partial charge >= 0.3 is 0 Å². The van der Waals surface area contributed by atoms with E-state index in [1.807, 2.05) is 6.92 Å². The fraction of sp³-hybridized carbons (Fsp3) is 0.304. The third-order valence-corrected chi connectivity index (χ3v) is 7.27. The molecule has 3 heterocycles. The maximum Gasteiger partial charge on any atom is 0.295 e. The monoisotopic (exact) mass is 551 g/mol. The number of fused-ring (bicyclic) bond motifs is 1. The number of hydrogen-bond acceptors (Lipinski definition) is 7. The van der Waals surface area contributed by atoms with Gasteiger partial charge in [0.15, 0.2) is 21.3 Å². The minimum atomic E-state index is -3.81. The number of hydrogen-bond donors (Lipinski definition) is 3. The lowest BCUT2D eigenvalue weighted by molar-refractivity contribution is -0.119. The number of carbonyl (C=O) groups is 1. The number of alkyl halides is 4. The van der Waals surface area contributed by atoms with Gasteiger partial charge in [-0.05, 0) is 25.1 Å². The second-order valence-corrected chi connectivity index (χ2v) is 11.1. The number of nitrogens with one attached hydrogen (secondary N) is 3. The molecule has 200 valence electrons. The Labute approximate surface area is 213 Å². The molecule has 1 unspecified atom stereocenters. The van der Waals surface area contributed by atoms with Crippen molar-refractivity contribution in [3.05, 3.63) is 41.9 Å². The number of carbonyl (C=O) groups excluding carboxylic acids is 1. The molecule has 3 N–H and O–H groups in total. The summed E-state index contributed by atoms with van der Waals surface area (Å²) in [6.07, 6.45) is -2.58. The van der Waals surface area contributed by atoms with Gasteiger partial charge in [0.2, 0.25) is 5.91 Å². The van der Waals surface area contributed by atoms with Gasteiger partial charge in [0.25, 0.3) is 12.3 Å². The molecule has 1 atom stereocenters. The molecule has 1 aliphatic carbocycles. The van der Waals surface area contributed by atoms with Gasteiger partial charge in [-0.3, -0.25) is 9.48 Å². The number of benzene rings is 1. The molecule has 10 nitrogen and oxygen atoms in total. The molecule has 0 aliphatic heterocycles. The summed E-state index contributed by atoms with van der Waals surface area (Å²) in [5, 5.41) is 9.50. The molecule has 1 amide bonds. The van der Waals surface area contributed by atoms with Crippen molar-refractivity contribution in [2.75, 3.05) is 16.9 Å². The summed E-state index contributed by atoms with van der Waals surface area (Å²) in [6, 6.07) is 7.52. The fourth-order valence-corrected chi connectivity index (χ4v) is 4.78. The van der Waals surface area contributed by atoms with Gasteiger partial charge in [0.05, 0.1) is 22.0 Å². The molecular weight excluding hydrogens is 530 g/mol. The number of aromatic nitrogens is 5. The van der Waals surface area contributed by atoms with Crippen LogP contribution in [-0.2, 0) is 21.7 Å². The maximum atomic E-state index is 13.3. The van der Waals surface area contributed by atoms with E-state index < -0.39 is 46.3 Å². The Morgan fingerprint density at radius 1 is 1.18 bits per heavy atom. The lowest BCUT2D eigenvalue weighted by Crippen LogP contribution is -2.18. The lowest BCUT2D eigenvalue weighted by atomic mass is 10.1. The van der Waals surface area contributed by atoms with E-state index in [2.05, 4.69) is 30.7 Å². The van der Waals surface area contributed by atoms with Gasteiger partial charge < -0.3 is 15.6 Å². The maximum absolute atomic E-state index is 13.3. The first-order chi connectivity index (χ1) is 17.7. The Kier molecular flexibility index (Phi) is 5.93. The van der Waals surface area contributed by atoms with Crippen molar-refractivity contribution in [3.8, 4) is 11.3 Å². The first-order valence-corrected chi connectivity index (χ1v) is 13.1. The van der Waals surface area contributed by atoms with Crippen LogP contribution in [0.2, 0.25) is 0 Å². The quantitative estimate of drug-likeness (QED) is 0.291. The molecule has 0 bridgehead atoms. The van der Waals surface area contributed by atoms with Crippen LogP contribution in [0.5, 0.6) is 0 Å². The summed E-state index contributed by atoms with van der Waals surface area (Å²) in [7, 11) is -2.06. The van der Waals surface area contributed by atoms with E-state index in [0.29, 0.717) is 11.3 Å². The van der Waals surface area contributed by atoms with Crippen LogP contribution < -0.4 is 10.6 Å². The molecular formula is C23H21F4N7O3S. The number of anilines is 3. The molecule has 5 rings (SSSR count). The van der Waals surface area contributed by atoms with Crippen molar-refractivity contribution in [1.82, 2.24) is 24.7 Å². The van der Waals surface area contributed by atoms with Gasteiger partial charge in [0.1, 0.15) is 17.3 Å². The van der Waals surface area contributed by atoms with Crippen molar-refractivity contribution < 1.29 is 30.8 Å². The number of pyridine rings is 1. The summed E-state index contributed by atoms with van der Waals surface area (Å²) in [5.41, 5.74) is 1.80. The summed E-state index contributed by atoms with van der Waals surface area (Å²) in [6.45, 7) is 1.84. The highest BCUT2D eigenvalue weighted by molar-refractivity contribution is 7.90. The van der Waals surface area contributed by atoms with Crippen LogP contribution in [0.4, 0.5) is 34.8 Å². The smallest absolute Gasteiger partial charge is 0.295 e. The Balaban J connectivity index is 1.57. The molecule has 0 radical (unpaired) electrons. The van der Waals surface area contributed by atoms with Crippen LogP contribution in [-0.4, -0.2) is 51.2 Å². The van der Waals surface area contributed by atoms with Gasteiger partial charge in [-0.1, -0.05) is 6.07 Å². The standard InChI is InChI=1S/C23H21F4N7O3S/c1-10-6-14(33-34(10)2)11-4-5-13(16(7-11)38(3,36)37)28-15-8-17(30-22(35)12-9-23(12,26)27)29-20-18(15)31-21(32-20)19(24)25/h4-8,12,19H,9H2,1-3H3,(H3,28,29,30,31,32,35). The number of nitrogens with zero attached hydrogens (tertiary/aromatic N) is 4. The molecule has 1 aromatic carbocycles. The van der Waals surface area contributed by atoms with E-state index in [-0.39, 0.29) is 33.3 Å². The summed E-state index contributed by atoms with van der Waals surface area (Å²) >= 11 is 0. The number of imidazole rings is 1. The van der Waals surface area contributed by atoms with Crippen LogP contribution in [0.15, 0.2) is 35.2 Å². The van der Waals surface area contributed by atoms with Gasteiger partial charge in [0, 0.05) is 37.0 Å². The normalized spacial score (nSPS) is 16.7. The third kappa shape index (κ3) is 4.80. The number of aromatic amines is 1.